The Morgan fingerprint density at radius 3 is 3.00 bits per heavy atom. The summed E-state index contributed by atoms with van der Waals surface area (Å²) >= 11 is 7.30. The highest BCUT2D eigenvalue weighted by molar-refractivity contribution is 7.98. The van der Waals surface area contributed by atoms with Crippen molar-refractivity contribution in [2.75, 3.05) is 5.73 Å². The van der Waals surface area contributed by atoms with Crippen LogP contribution in [0.2, 0.25) is 5.28 Å². The number of aromatic nitrogens is 2. The van der Waals surface area contributed by atoms with E-state index in [1.54, 1.807) is 11.8 Å². The van der Waals surface area contributed by atoms with E-state index in [9.17, 15) is 0 Å². The molecule has 0 bridgehead atoms. The third-order valence-electron chi connectivity index (χ3n) is 2.21. The van der Waals surface area contributed by atoms with Crippen LogP contribution in [0.1, 0.15) is 11.1 Å². The number of nitrogens with two attached hydrogens (primary N) is 1. The molecule has 0 radical (unpaired) electrons. The van der Waals surface area contributed by atoms with Crippen LogP contribution in [0, 0.1) is 6.92 Å². The zero-order valence-electron chi connectivity index (χ0n) is 9.35. The van der Waals surface area contributed by atoms with Crippen molar-refractivity contribution in [1.29, 1.82) is 0 Å². The summed E-state index contributed by atoms with van der Waals surface area (Å²) in [4.78, 5) is 7.93. The molecule has 0 fully saturated rings. The zero-order chi connectivity index (χ0) is 12.3. The maximum absolute atomic E-state index is 5.78. The molecule has 2 rings (SSSR count). The summed E-state index contributed by atoms with van der Waals surface area (Å²) in [5, 5.41) is 0.956. The van der Waals surface area contributed by atoms with Gasteiger partial charge >= 0.3 is 0 Å². The van der Waals surface area contributed by atoms with Gasteiger partial charge in [0.15, 0.2) is 0 Å². The van der Waals surface area contributed by atoms with E-state index >= 15 is 0 Å². The van der Waals surface area contributed by atoms with E-state index < -0.39 is 0 Å². The van der Waals surface area contributed by atoms with Crippen molar-refractivity contribution < 1.29 is 0 Å². The molecule has 0 spiro atoms. The number of thioether (sulfide) groups is 1. The number of hydrogen-bond donors (Lipinski definition) is 1. The first-order valence-electron chi connectivity index (χ1n) is 5.11. The Bertz CT molecular complexity index is 531. The number of halogens is 1. The molecule has 3 nitrogen and oxygen atoms in total. The highest BCUT2D eigenvalue weighted by Crippen LogP contribution is 2.26. The minimum Gasteiger partial charge on any atom is -0.395 e. The predicted octanol–water partition coefficient (Wildman–Crippen LogP) is 3.31. The molecule has 1 heterocycles. The topological polar surface area (TPSA) is 51.8 Å². The van der Waals surface area contributed by atoms with Gasteiger partial charge in [-0.05, 0) is 24.1 Å². The summed E-state index contributed by atoms with van der Waals surface area (Å²) in [5.74, 6) is 0.819. The van der Waals surface area contributed by atoms with Crippen LogP contribution < -0.4 is 5.73 Å². The Morgan fingerprint density at radius 1 is 1.41 bits per heavy atom. The smallest absolute Gasteiger partial charge is 0.223 e. The van der Waals surface area contributed by atoms with Crippen molar-refractivity contribution in [1.82, 2.24) is 9.97 Å². The van der Waals surface area contributed by atoms with E-state index in [0.29, 0.717) is 5.69 Å². The molecule has 0 amide bonds. The number of benzene rings is 1. The van der Waals surface area contributed by atoms with Crippen molar-refractivity contribution in [3.05, 3.63) is 46.9 Å². The first kappa shape index (κ1) is 12.2. The fourth-order valence-electron chi connectivity index (χ4n) is 1.42. The Labute approximate surface area is 109 Å². The summed E-state index contributed by atoms with van der Waals surface area (Å²) in [7, 11) is 0. The van der Waals surface area contributed by atoms with Crippen molar-refractivity contribution in [3.8, 4) is 0 Å². The van der Waals surface area contributed by atoms with Gasteiger partial charge in [0.1, 0.15) is 5.03 Å². The average molecular weight is 266 g/mol. The van der Waals surface area contributed by atoms with Crippen LogP contribution in [0.4, 0.5) is 5.69 Å². The van der Waals surface area contributed by atoms with Crippen LogP contribution in [-0.2, 0) is 5.75 Å². The highest BCUT2D eigenvalue weighted by Gasteiger charge is 2.04. The predicted molar refractivity (Wildman–Crippen MR) is 72.2 cm³/mol. The second-order valence-electron chi connectivity index (χ2n) is 3.68. The molecule has 17 heavy (non-hydrogen) atoms. The SMILES string of the molecule is Cc1cccc(CSc2nc(Cl)ncc2N)c1. The standard InChI is InChI=1S/C12H12ClN3S/c1-8-3-2-4-9(5-8)7-17-11-10(14)6-15-12(13)16-11/h2-6H,7,14H2,1H3. The van der Waals surface area contributed by atoms with Gasteiger partial charge in [-0.1, -0.05) is 41.6 Å². The van der Waals surface area contributed by atoms with E-state index in [-0.39, 0.29) is 5.28 Å². The largest absolute Gasteiger partial charge is 0.395 e. The molecule has 0 unspecified atom stereocenters. The Kier molecular flexibility index (Phi) is 3.86. The second-order valence-corrected chi connectivity index (χ2v) is 4.98. The van der Waals surface area contributed by atoms with E-state index in [1.165, 1.54) is 17.3 Å². The summed E-state index contributed by atoms with van der Waals surface area (Å²) in [6.45, 7) is 2.07. The molecule has 88 valence electrons. The molecule has 0 atom stereocenters. The average Bonchev–Trinajstić information content (AvgIpc) is 2.30. The van der Waals surface area contributed by atoms with E-state index in [4.69, 9.17) is 17.3 Å². The summed E-state index contributed by atoms with van der Waals surface area (Å²) in [6, 6.07) is 8.34. The van der Waals surface area contributed by atoms with Crippen LogP contribution in [-0.4, -0.2) is 9.97 Å². The Hall–Kier alpha value is -1.26. The van der Waals surface area contributed by atoms with Crippen LogP contribution >= 0.6 is 23.4 Å². The molecular formula is C12H12ClN3S. The van der Waals surface area contributed by atoms with Crippen molar-refractivity contribution in [2.45, 2.75) is 17.7 Å². The number of rotatable bonds is 3. The van der Waals surface area contributed by atoms with E-state index in [2.05, 4.69) is 35.1 Å². The van der Waals surface area contributed by atoms with Gasteiger partial charge in [-0.25, -0.2) is 9.97 Å². The molecule has 0 aliphatic rings. The zero-order valence-corrected chi connectivity index (χ0v) is 10.9. The van der Waals surface area contributed by atoms with Crippen LogP contribution in [0.15, 0.2) is 35.5 Å². The fourth-order valence-corrected chi connectivity index (χ4v) is 2.46. The highest BCUT2D eigenvalue weighted by atomic mass is 35.5. The van der Waals surface area contributed by atoms with Crippen molar-refractivity contribution in [2.24, 2.45) is 0 Å². The molecule has 0 saturated carbocycles. The number of nitrogen functional groups attached to an aromatic ring is 1. The lowest BCUT2D eigenvalue weighted by Crippen LogP contribution is -1.95. The third kappa shape index (κ3) is 3.35. The Balaban J connectivity index is 2.09. The molecule has 0 aliphatic heterocycles. The quantitative estimate of drug-likeness (QED) is 0.526. The molecule has 0 saturated heterocycles. The van der Waals surface area contributed by atoms with Gasteiger partial charge in [0, 0.05) is 5.75 Å². The first-order valence-corrected chi connectivity index (χ1v) is 6.48. The van der Waals surface area contributed by atoms with Gasteiger partial charge in [-0.15, -0.1) is 0 Å². The van der Waals surface area contributed by atoms with Gasteiger partial charge in [-0.2, -0.15) is 0 Å². The van der Waals surface area contributed by atoms with Crippen molar-refractivity contribution >= 4 is 29.1 Å². The van der Waals surface area contributed by atoms with Gasteiger partial charge in [0.05, 0.1) is 11.9 Å². The minimum absolute atomic E-state index is 0.228. The fraction of sp³-hybridized carbons (Fsp3) is 0.167. The second kappa shape index (κ2) is 5.38. The van der Waals surface area contributed by atoms with Gasteiger partial charge in [0.25, 0.3) is 0 Å². The van der Waals surface area contributed by atoms with Crippen LogP contribution in [0.25, 0.3) is 0 Å². The van der Waals surface area contributed by atoms with Crippen LogP contribution in [0.5, 0.6) is 0 Å². The summed E-state index contributed by atoms with van der Waals surface area (Å²) < 4.78 is 0. The maximum atomic E-state index is 5.78. The molecule has 0 aliphatic carbocycles. The lowest BCUT2D eigenvalue weighted by Gasteiger charge is -2.05. The number of hydrogen-bond acceptors (Lipinski definition) is 4. The van der Waals surface area contributed by atoms with Crippen LogP contribution in [0.3, 0.4) is 0 Å². The van der Waals surface area contributed by atoms with Gasteiger partial charge < -0.3 is 5.73 Å². The van der Waals surface area contributed by atoms with Gasteiger partial charge in [0.2, 0.25) is 5.28 Å². The first-order chi connectivity index (χ1) is 8.15. The minimum atomic E-state index is 0.228. The molecule has 2 N–H and O–H groups in total. The molecular weight excluding hydrogens is 254 g/mol. The monoisotopic (exact) mass is 265 g/mol. The molecule has 5 heteroatoms. The van der Waals surface area contributed by atoms with Gasteiger partial charge in [-0.3, -0.25) is 0 Å². The lowest BCUT2D eigenvalue weighted by molar-refractivity contribution is 1.06. The molecule has 1 aromatic carbocycles. The third-order valence-corrected chi connectivity index (χ3v) is 3.47. The number of nitrogens with zero attached hydrogens (tertiary/aromatic N) is 2. The summed E-state index contributed by atoms with van der Waals surface area (Å²) in [5.41, 5.74) is 8.83. The number of aryl methyl sites for hydroxylation is 1. The van der Waals surface area contributed by atoms with E-state index in [0.717, 1.165) is 10.8 Å². The van der Waals surface area contributed by atoms with E-state index in [1.807, 2.05) is 6.07 Å². The normalized spacial score (nSPS) is 10.5. The molecule has 1 aromatic heterocycles. The van der Waals surface area contributed by atoms with Crippen molar-refractivity contribution in [3.63, 3.8) is 0 Å². The lowest BCUT2D eigenvalue weighted by atomic mass is 10.2. The maximum Gasteiger partial charge on any atom is 0.223 e. The summed E-state index contributed by atoms with van der Waals surface area (Å²) in [6.07, 6.45) is 1.54. The number of anilines is 1. The Morgan fingerprint density at radius 2 is 2.24 bits per heavy atom. The molecule has 2 aromatic rings.